The van der Waals surface area contributed by atoms with Crippen LogP contribution in [0.1, 0.15) is 24.2 Å². The van der Waals surface area contributed by atoms with Crippen molar-refractivity contribution in [1.29, 1.82) is 0 Å². The molecule has 1 aliphatic heterocycles. The number of hydrogen-bond donors (Lipinski definition) is 0. The van der Waals surface area contributed by atoms with Crippen LogP contribution in [0.15, 0.2) is 47.4 Å². The number of Topliss-reactive ketones (excluding diaryl/α,β-unsaturated/α-hetero) is 1. The molecule has 5 nitrogen and oxygen atoms in total. The molecule has 10 heteroatoms. The Hall–Kier alpha value is -2.03. The molecule has 32 heavy (non-hydrogen) atoms. The molecule has 0 N–H and O–H groups in total. The Balaban J connectivity index is 1.74. The smallest absolute Gasteiger partial charge is 0.296 e. The van der Waals surface area contributed by atoms with Gasteiger partial charge in [-0.3, -0.25) is 13.8 Å². The predicted octanol–water partition coefficient (Wildman–Crippen LogP) is 4.67. The quantitative estimate of drug-likeness (QED) is 0.575. The lowest BCUT2D eigenvalue weighted by molar-refractivity contribution is -0.126. The first-order chi connectivity index (χ1) is 15.1. The summed E-state index contributed by atoms with van der Waals surface area (Å²) in [5.41, 5.74) is 1.28. The van der Waals surface area contributed by atoms with Crippen LogP contribution in [0.4, 0.5) is 14.5 Å². The maximum absolute atomic E-state index is 13.2. The zero-order valence-electron chi connectivity index (χ0n) is 17.4. The van der Waals surface area contributed by atoms with Gasteiger partial charge in [0.2, 0.25) is 5.78 Å². The molecule has 2 aromatic carbocycles. The summed E-state index contributed by atoms with van der Waals surface area (Å²) in [7, 11) is -2.02. The summed E-state index contributed by atoms with van der Waals surface area (Å²) in [5.74, 6) is -2.48. The van der Waals surface area contributed by atoms with Gasteiger partial charge >= 0.3 is 0 Å². The highest BCUT2D eigenvalue weighted by Gasteiger charge is 2.34. The number of carbonyl (C=O) groups is 2. The van der Waals surface area contributed by atoms with E-state index in [1.54, 1.807) is 4.90 Å². The van der Waals surface area contributed by atoms with Crippen molar-refractivity contribution in [3.05, 3.63) is 58.1 Å². The predicted molar refractivity (Wildman–Crippen MR) is 122 cm³/mol. The topological polar surface area (TPSA) is 57.7 Å². The standard InChI is InChI=1S/C22H22Cl2F2N2O3S/c1-13-14(2)28(9-8-27(13)17-5-3-4-16(23)11-17)22(30)15-6-7-20(18(24)10-15)32(31)12-19(29)21(25)26/h3-7,10-11,13-14,21H,8-9,12H2,1-2H3/t13-,14-,32?/m0/s1. The Morgan fingerprint density at radius 3 is 2.44 bits per heavy atom. The second-order valence-electron chi connectivity index (χ2n) is 7.56. The molecule has 2 aromatic rings. The number of ketones is 1. The van der Waals surface area contributed by atoms with E-state index in [4.69, 9.17) is 23.2 Å². The van der Waals surface area contributed by atoms with Gasteiger partial charge in [0, 0.05) is 41.4 Å². The van der Waals surface area contributed by atoms with E-state index in [2.05, 4.69) is 4.90 Å². The molecule has 3 rings (SSSR count). The summed E-state index contributed by atoms with van der Waals surface area (Å²) in [6.07, 6.45) is -3.19. The van der Waals surface area contributed by atoms with Gasteiger partial charge < -0.3 is 9.80 Å². The molecule has 0 saturated carbocycles. The van der Waals surface area contributed by atoms with Crippen LogP contribution in [-0.4, -0.2) is 58.2 Å². The first-order valence-corrected chi connectivity index (χ1v) is 12.0. The van der Waals surface area contributed by atoms with E-state index in [0.717, 1.165) is 5.69 Å². The van der Waals surface area contributed by atoms with Crippen molar-refractivity contribution >= 4 is 51.4 Å². The maximum atomic E-state index is 13.2. The number of nitrogens with zero attached hydrogens (tertiary/aromatic N) is 2. The summed E-state index contributed by atoms with van der Waals surface area (Å²) in [6.45, 7) is 5.08. The summed E-state index contributed by atoms with van der Waals surface area (Å²) in [5, 5.41) is 0.637. The fraction of sp³-hybridized carbons (Fsp3) is 0.364. The van der Waals surface area contributed by atoms with Crippen LogP contribution >= 0.6 is 23.2 Å². The lowest BCUT2D eigenvalue weighted by Crippen LogP contribution is -2.59. The molecule has 1 heterocycles. The van der Waals surface area contributed by atoms with E-state index in [1.165, 1.54) is 18.2 Å². The lowest BCUT2D eigenvalue weighted by Gasteiger charge is -2.46. The van der Waals surface area contributed by atoms with Crippen LogP contribution in [0.25, 0.3) is 0 Å². The van der Waals surface area contributed by atoms with Gasteiger partial charge in [-0.15, -0.1) is 0 Å². The third-order valence-electron chi connectivity index (χ3n) is 5.60. The summed E-state index contributed by atoms with van der Waals surface area (Å²) >= 11 is 12.3. The SMILES string of the molecule is C[C@H]1[C@H](C)N(c2cccc(Cl)c2)CCN1C(=O)c1ccc(S(=O)CC(=O)C(F)F)c(Cl)c1. The molecule has 1 fully saturated rings. The summed E-state index contributed by atoms with van der Waals surface area (Å²) < 4.78 is 37.1. The zero-order valence-corrected chi connectivity index (χ0v) is 19.8. The van der Waals surface area contributed by atoms with Crippen molar-refractivity contribution in [2.45, 2.75) is 37.3 Å². The van der Waals surface area contributed by atoms with Gasteiger partial charge in [0.15, 0.2) is 0 Å². The monoisotopic (exact) mass is 502 g/mol. The number of alkyl halides is 2. The molecule has 1 unspecified atom stereocenters. The number of hydrogen-bond acceptors (Lipinski definition) is 4. The van der Waals surface area contributed by atoms with E-state index in [1.807, 2.05) is 38.1 Å². The van der Waals surface area contributed by atoms with Gasteiger partial charge in [-0.1, -0.05) is 29.3 Å². The van der Waals surface area contributed by atoms with Crippen LogP contribution in [-0.2, 0) is 15.6 Å². The molecule has 0 spiro atoms. The molecule has 1 aliphatic rings. The van der Waals surface area contributed by atoms with Crippen molar-refractivity contribution in [2.75, 3.05) is 23.7 Å². The van der Waals surface area contributed by atoms with Gasteiger partial charge in [0.05, 0.1) is 26.5 Å². The van der Waals surface area contributed by atoms with Gasteiger partial charge in [0.1, 0.15) is 0 Å². The van der Waals surface area contributed by atoms with E-state index in [-0.39, 0.29) is 27.9 Å². The van der Waals surface area contributed by atoms with Crippen LogP contribution < -0.4 is 4.90 Å². The Kier molecular flexibility index (Phi) is 7.90. The average Bonchev–Trinajstić information content (AvgIpc) is 2.74. The first kappa shape index (κ1) is 24.6. The molecular formula is C22H22Cl2F2N2O3S. The molecule has 0 radical (unpaired) electrons. The molecule has 0 aromatic heterocycles. The molecule has 1 amide bonds. The van der Waals surface area contributed by atoms with Gasteiger partial charge in [-0.2, -0.15) is 0 Å². The largest absolute Gasteiger partial charge is 0.365 e. The number of anilines is 1. The molecule has 0 aliphatic carbocycles. The van der Waals surface area contributed by atoms with E-state index in [0.29, 0.717) is 23.7 Å². The number of piperazine rings is 1. The van der Waals surface area contributed by atoms with Crippen molar-refractivity contribution < 1.29 is 22.6 Å². The minimum Gasteiger partial charge on any atom is -0.365 e. The van der Waals surface area contributed by atoms with Crippen LogP contribution in [0.3, 0.4) is 0 Å². The zero-order chi connectivity index (χ0) is 23.6. The van der Waals surface area contributed by atoms with Crippen molar-refractivity contribution in [2.24, 2.45) is 0 Å². The molecule has 172 valence electrons. The van der Waals surface area contributed by atoms with E-state index in [9.17, 15) is 22.6 Å². The fourth-order valence-corrected chi connectivity index (χ4v) is 5.36. The Morgan fingerprint density at radius 1 is 1.09 bits per heavy atom. The van der Waals surface area contributed by atoms with E-state index >= 15 is 0 Å². The third kappa shape index (κ3) is 5.30. The van der Waals surface area contributed by atoms with Gasteiger partial charge in [-0.05, 0) is 50.2 Å². The number of amides is 1. The Bertz CT molecular complexity index is 1050. The average molecular weight is 503 g/mol. The van der Waals surface area contributed by atoms with Crippen molar-refractivity contribution in [1.82, 2.24) is 4.90 Å². The van der Waals surface area contributed by atoms with Crippen LogP contribution in [0, 0.1) is 0 Å². The molecule has 3 atom stereocenters. The highest BCUT2D eigenvalue weighted by molar-refractivity contribution is 7.86. The minimum absolute atomic E-state index is 0.00508. The Morgan fingerprint density at radius 2 is 1.81 bits per heavy atom. The summed E-state index contributed by atoms with van der Waals surface area (Å²) in [6, 6.07) is 11.6. The van der Waals surface area contributed by atoms with Crippen LogP contribution in [0.5, 0.6) is 0 Å². The molecule has 0 bridgehead atoms. The number of rotatable bonds is 6. The Labute approximate surface area is 197 Å². The normalized spacial score (nSPS) is 19.8. The highest BCUT2D eigenvalue weighted by atomic mass is 35.5. The lowest BCUT2D eigenvalue weighted by atomic mass is 10.0. The van der Waals surface area contributed by atoms with E-state index < -0.39 is 28.8 Å². The molecular weight excluding hydrogens is 481 g/mol. The van der Waals surface area contributed by atoms with Crippen LogP contribution in [0.2, 0.25) is 10.0 Å². The number of halogens is 4. The summed E-state index contributed by atoms with van der Waals surface area (Å²) in [4.78, 5) is 28.3. The van der Waals surface area contributed by atoms with Crippen molar-refractivity contribution in [3.8, 4) is 0 Å². The number of carbonyl (C=O) groups excluding carboxylic acids is 2. The first-order valence-electron chi connectivity index (χ1n) is 9.92. The van der Waals surface area contributed by atoms with Gasteiger partial charge in [0.25, 0.3) is 12.3 Å². The fourth-order valence-electron chi connectivity index (χ4n) is 3.70. The number of benzene rings is 2. The second-order valence-corrected chi connectivity index (χ2v) is 9.82. The minimum atomic E-state index is -3.19. The highest BCUT2D eigenvalue weighted by Crippen LogP contribution is 2.28. The van der Waals surface area contributed by atoms with Crippen molar-refractivity contribution in [3.63, 3.8) is 0 Å². The molecule has 1 saturated heterocycles. The second kappa shape index (κ2) is 10.3. The maximum Gasteiger partial charge on any atom is 0.296 e. The van der Waals surface area contributed by atoms with Gasteiger partial charge in [-0.25, -0.2) is 8.78 Å². The third-order valence-corrected chi connectivity index (χ3v) is 7.66.